The lowest BCUT2D eigenvalue weighted by Gasteiger charge is -2.26. The zero-order valence-electron chi connectivity index (χ0n) is 13.0. The molecule has 2 N–H and O–H groups in total. The van der Waals surface area contributed by atoms with Crippen molar-refractivity contribution >= 4 is 0 Å². The summed E-state index contributed by atoms with van der Waals surface area (Å²) < 4.78 is 0. The maximum atomic E-state index is 6.56. The first-order valence-electron chi connectivity index (χ1n) is 7.36. The Hall–Kier alpha value is -1.60. The van der Waals surface area contributed by atoms with Gasteiger partial charge in [0, 0.05) is 5.54 Å². The molecule has 0 aliphatic rings. The van der Waals surface area contributed by atoms with Crippen molar-refractivity contribution in [3.8, 4) is 0 Å². The Bertz CT molecular complexity index is 559. The van der Waals surface area contributed by atoms with Crippen molar-refractivity contribution in [2.75, 3.05) is 0 Å². The van der Waals surface area contributed by atoms with Crippen LogP contribution in [0.3, 0.4) is 0 Å². The van der Waals surface area contributed by atoms with Crippen molar-refractivity contribution < 1.29 is 0 Å². The summed E-state index contributed by atoms with van der Waals surface area (Å²) in [4.78, 5) is 0. The van der Waals surface area contributed by atoms with Crippen LogP contribution in [0.5, 0.6) is 0 Å². The van der Waals surface area contributed by atoms with Crippen LogP contribution in [0.1, 0.15) is 41.7 Å². The van der Waals surface area contributed by atoms with Crippen LogP contribution < -0.4 is 5.73 Å². The molecule has 0 spiro atoms. The summed E-state index contributed by atoms with van der Waals surface area (Å²) in [5.41, 5.74) is 12.7. The van der Waals surface area contributed by atoms with Crippen molar-refractivity contribution in [3.05, 3.63) is 70.3 Å². The summed E-state index contributed by atoms with van der Waals surface area (Å²) >= 11 is 0. The molecule has 2 aromatic rings. The lowest BCUT2D eigenvalue weighted by molar-refractivity contribution is 0.491. The predicted molar refractivity (Wildman–Crippen MR) is 87.0 cm³/mol. The molecular formula is C19H25N. The highest BCUT2D eigenvalue weighted by Gasteiger charge is 2.21. The normalized spacial score (nSPS) is 14.1. The van der Waals surface area contributed by atoms with Gasteiger partial charge in [0.15, 0.2) is 0 Å². The third-order valence-corrected chi connectivity index (χ3v) is 3.87. The molecule has 2 rings (SSSR count). The second-order valence-corrected chi connectivity index (χ2v) is 6.14. The molecule has 1 atom stereocenters. The van der Waals surface area contributed by atoms with Gasteiger partial charge in [-0.1, -0.05) is 60.5 Å². The maximum absolute atomic E-state index is 6.56. The van der Waals surface area contributed by atoms with Gasteiger partial charge in [-0.05, 0) is 50.3 Å². The number of rotatable bonds is 4. The summed E-state index contributed by atoms with van der Waals surface area (Å²) in [6, 6.07) is 15.4. The summed E-state index contributed by atoms with van der Waals surface area (Å²) in [6.07, 6.45) is 1.93. The maximum Gasteiger partial charge on any atom is 0.0421 e. The predicted octanol–water partition coefficient (Wildman–Crippen LogP) is 4.28. The molecule has 106 valence electrons. The Morgan fingerprint density at radius 1 is 0.900 bits per heavy atom. The fourth-order valence-corrected chi connectivity index (χ4v) is 2.82. The van der Waals surface area contributed by atoms with E-state index in [-0.39, 0.29) is 5.54 Å². The molecule has 0 amide bonds. The SMILES string of the molecule is CCc1ccc(C(C)(N)Cc2cc(C)cc(C)c2)cc1. The number of hydrogen-bond acceptors (Lipinski definition) is 1. The van der Waals surface area contributed by atoms with E-state index >= 15 is 0 Å². The minimum Gasteiger partial charge on any atom is -0.321 e. The van der Waals surface area contributed by atoms with E-state index in [1.165, 1.54) is 27.8 Å². The summed E-state index contributed by atoms with van der Waals surface area (Å²) in [6.45, 7) is 8.57. The van der Waals surface area contributed by atoms with E-state index in [1.807, 2.05) is 0 Å². The number of aryl methyl sites for hydroxylation is 3. The molecule has 0 bridgehead atoms. The average molecular weight is 267 g/mol. The Kier molecular flexibility index (Phi) is 4.29. The van der Waals surface area contributed by atoms with Crippen molar-refractivity contribution in [3.63, 3.8) is 0 Å². The van der Waals surface area contributed by atoms with E-state index in [2.05, 4.69) is 70.2 Å². The first kappa shape index (κ1) is 14.8. The van der Waals surface area contributed by atoms with Gasteiger partial charge in [0.25, 0.3) is 0 Å². The van der Waals surface area contributed by atoms with Gasteiger partial charge >= 0.3 is 0 Å². The Morgan fingerprint density at radius 2 is 1.45 bits per heavy atom. The van der Waals surface area contributed by atoms with Crippen LogP contribution in [-0.2, 0) is 18.4 Å². The van der Waals surface area contributed by atoms with Crippen LogP contribution >= 0.6 is 0 Å². The van der Waals surface area contributed by atoms with Gasteiger partial charge in [-0.3, -0.25) is 0 Å². The van der Waals surface area contributed by atoms with Gasteiger partial charge in [0.05, 0.1) is 0 Å². The van der Waals surface area contributed by atoms with Gasteiger partial charge in [-0.2, -0.15) is 0 Å². The van der Waals surface area contributed by atoms with Crippen molar-refractivity contribution in [2.24, 2.45) is 5.73 Å². The number of nitrogens with two attached hydrogens (primary N) is 1. The summed E-state index contributed by atoms with van der Waals surface area (Å²) in [7, 11) is 0. The topological polar surface area (TPSA) is 26.0 Å². The van der Waals surface area contributed by atoms with Crippen molar-refractivity contribution in [1.29, 1.82) is 0 Å². The number of benzene rings is 2. The lowest BCUT2D eigenvalue weighted by atomic mass is 9.85. The van der Waals surface area contributed by atoms with E-state index in [1.54, 1.807) is 0 Å². The first-order valence-corrected chi connectivity index (χ1v) is 7.36. The fourth-order valence-electron chi connectivity index (χ4n) is 2.82. The third-order valence-electron chi connectivity index (χ3n) is 3.87. The van der Waals surface area contributed by atoms with Gasteiger partial charge in [0.1, 0.15) is 0 Å². The molecule has 0 saturated heterocycles. The second-order valence-electron chi connectivity index (χ2n) is 6.14. The van der Waals surface area contributed by atoms with Gasteiger partial charge in [-0.25, -0.2) is 0 Å². The molecule has 1 heteroatoms. The molecule has 1 nitrogen and oxygen atoms in total. The highest BCUT2D eigenvalue weighted by Crippen LogP contribution is 2.24. The Labute approximate surface area is 122 Å². The summed E-state index contributed by atoms with van der Waals surface area (Å²) in [5.74, 6) is 0. The molecule has 0 radical (unpaired) electrons. The van der Waals surface area contributed by atoms with Crippen molar-refractivity contribution in [2.45, 2.75) is 46.1 Å². The van der Waals surface area contributed by atoms with Crippen LogP contribution in [0, 0.1) is 13.8 Å². The first-order chi connectivity index (χ1) is 9.40. The van der Waals surface area contributed by atoms with Crippen LogP contribution in [-0.4, -0.2) is 0 Å². The van der Waals surface area contributed by atoms with Gasteiger partial charge in [-0.15, -0.1) is 0 Å². The largest absolute Gasteiger partial charge is 0.321 e. The van der Waals surface area contributed by atoms with Gasteiger partial charge in [0.2, 0.25) is 0 Å². The molecule has 0 aliphatic carbocycles. The molecule has 0 heterocycles. The molecule has 0 aliphatic heterocycles. The van der Waals surface area contributed by atoms with E-state index in [0.717, 1.165) is 12.8 Å². The van der Waals surface area contributed by atoms with E-state index in [0.29, 0.717) is 0 Å². The molecule has 1 unspecified atom stereocenters. The summed E-state index contributed by atoms with van der Waals surface area (Å²) in [5, 5.41) is 0. The van der Waals surface area contributed by atoms with Crippen LogP contribution in [0.15, 0.2) is 42.5 Å². The lowest BCUT2D eigenvalue weighted by Crippen LogP contribution is -2.35. The van der Waals surface area contributed by atoms with Crippen LogP contribution in [0.2, 0.25) is 0 Å². The Balaban J connectivity index is 2.24. The quantitative estimate of drug-likeness (QED) is 0.879. The minimum absolute atomic E-state index is 0.327. The zero-order chi connectivity index (χ0) is 14.8. The smallest absolute Gasteiger partial charge is 0.0421 e. The zero-order valence-corrected chi connectivity index (χ0v) is 13.0. The molecular weight excluding hydrogens is 242 g/mol. The van der Waals surface area contributed by atoms with Crippen molar-refractivity contribution in [1.82, 2.24) is 0 Å². The Morgan fingerprint density at radius 3 is 1.95 bits per heavy atom. The standard InChI is InChI=1S/C19H25N/c1-5-16-6-8-18(9-7-16)19(4,20)13-17-11-14(2)10-15(3)12-17/h6-12H,5,13,20H2,1-4H3. The molecule has 20 heavy (non-hydrogen) atoms. The third kappa shape index (κ3) is 3.49. The average Bonchev–Trinajstić information content (AvgIpc) is 2.37. The molecule has 0 fully saturated rings. The second kappa shape index (κ2) is 5.80. The van der Waals surface area contributed by atoms with Crippen LogP contribution in [0.4, 0.5) is 0 Å². The minimum atomic E-state index is -0.327. The van der Waals surface area contributed by atoms with E-state index < -0.39 is 0 Å². The molecule has 0 saturated carbocycles. The van der Waals surface area contributed by atoms with E-state index in [4.69, 9.17) is 5.73 Å². The highest BCUT2D eigenvalue weighted by atomic mass is 14.7. The van der Waals surface area contributed by atoms with E-state index in [9.17, 15) is 0 Å². The highest BCUT2D eigenvalue weighted by molar-refractivity contribution is 5.33. The number of hydrogen-bond donors (Lipinski definition) is 1. The van der Waals surface area contributed by atoms with Crippen LogP contribution in [0.25, 0.3) is 0 Å². The molecule has 2 aromatic carbocycles. The molecule has 0 aromatic heterocycles. The van der Waals surface area contributed by atoms with Gasteiger partial charge < -0.3 is 5.73 Å². The fraction of sp³-hybridized carbons (Fsp3) is 0.368. The monoisotopic (exact) mass is 267 g/mol.